The Morgan fingerprint density at radius 2 is 1.89 bits per heavy atom. The van der Waals surface area contributed by atoms with Crippen LogP contribution in [0, 0.1) is 5.82 Å². The molecule has 4 rings (SSSR count). The fraction of sp³-hybridized carbons (Fsp3) is 0.300. The molecule has 2 heterocycles. The molecular weight excluding hydrogens is 364 g/mol. The first-order valence-corrected chi connectivity index (χ1v) is 11.5. The van der Waals surface area contributed by atoms with E-state index < -0.39 is 7.49 Å². The van der Waals surface area contributed by atoms with E-state index in [1.165, 1.54) is 6.07 Å². The van der Waals surface area contributed by atoms with Gasteiger partial charge in [-0.2, -0.15) is 0 Å². The summed E-state index contributed by atoms with van der Waals surface area (Å²) in [6.45, 7) is 1.58. The second-order valence-corrected chi connectivity index (χ2v) is 11.0. The van der Waals surface area contributed by atoms with Crippen LogP contribution < -0.4 is 10.9 Å². The summed E-state index contributed by atoms with van der Waals surface area (Å²) >= 11 is 0. The molecule has 1 aromatic heterocycles. The predicted octanol–water partition coefficient (Wildman–Crippen LogP) is 1.88. The third-order valence-electron chi connectivity index (χ3n) is 5.49. The number of aromatic amines is 1. The van der Waals surface area contributed by atoms with E-state index in [2.05, 4.69) is 15.1 Å². The molecule has 2 aromatic carbocycles. The first-order chi connectivity index (χ1) is 13.0. The van der Waals surface area contributed by atoms with Gasteiger partial charge in [-0.05, 0) is 0 Å². The van der Waals surface area contributed by atoms with Crippen molar-refractivity contribution in [2.24, 2.45) is 0 Å². The average molecular weight is 387 g/mol. The molecule has 5 nitrogen and oxygen atoms in total. The van der Waals surface area contributed by atoms with Crippen LogP contribution in [0.3, 0.4) is 0 Å². The SMILES string of the molecule is CN1CC[PH](O)(c2cc(Cc3n[nH]c(=O)c4ccccc34)ccc2F)CC1. The standard InChI is InChI=1S/C20H23FN3O2P/c1-24-8-10-27(26,11-9-24)19-13-14(6-7-17(19)21)12-18-15-4-2-3-5-16(15)20(25)23-22-18/h2-7,13,26-27H,8-12H2,1H3,(H,23,25). The monoisotopic (exact) mass is 387 g/mol. The average Bonchev–Trinajstić information content (AvgIpc) is 2.68. The van der Waals surface area contributed by atoms with Crippen molar-refractivity contribution in [3.05, 3.63) is 69.9 Å². The van der Waals surface area contributed by atoms with Crippen molar-refractivity contribution >= 4 is 23.6 Å². The van der Waals surface area contributed by atoms with E-state index in [0.717, 1.165) is 29.7 Å². The summed E-state index contributed by atoms with van der Waals surface area (Å²) < 4.78 is 14.5. The molecule has 1 aliphatic heterocycles. The summed E-state index contributed by atoms with van der Waals surface area (Å²) in [5.41, 5.74) is 1.40. The third-order valence-corrected chi connectivity index (χ3v) is 8.98. The molecule has 3 aromatic rings. The zero-order valence-electron chi connectivity index (χ0n) is 15.2. The number of nitrogens with one attached hydrogen (secondary N) is 1. The normalized spacial score (nSPS) is 18.5. The number of H-pyrrole nitrogens is 1. The fourth-order valence-corrected chi connectivity index (χ4v) is 7.07. The third kappa shape index (κ3) is 3.53. The molecule has 0 aliphatic carbocycles. The van der Waals surface area contributed by atoms with Gasteiger partial charge in [0.05, 0.1) is 0 Å². The van der Waals surface area contributed by atoms with Crippen molar-refractivity contribution in [2.45, 2.75) is 6.42 Å². The van der Waals surface area contributed by atoms with Crippen molar-refractivity contribution in [3.63, 3.8) is 0 Å². The van der Waals surface area contributed by atoms with Gasteiger partial charge in [0.15, 0.2) is 0 Å². The van der Waals surface area contributed by atoms with Crippen LogP contribution in [0.2, 0.25) is 0 Å². The Morgan fingerprint density at radius 1 is 1.19 bits per heavy atom. The number of rotatable bonds is 3. The van der Waals surface area contributed by atoms with Crippen LogP contribution in [0.15, 0.2) is 47.3 Å². The van der Waals surface area contributed by atoms with Gasteiger partial charge in [0.2, 0.25) is 0 Å². The first-order valence-electron chi connectivity index (χ1n) is 9.12. The van der Waals surface area contributed by atoms with E-state index in [4.69, 9.17) is 0 Å². The van der Waals surface area contributed by atoms with Crippen LogP contribution in [-0.4, -0.2) is 52.5 Å². The molecule has 0 spiro atoms. The van der Waals surface area contributed by atoms with Crippen LogP contribution in [0.5, 0.6) is 0 Å². The molecule has 1 aliphatic rings. The van der Waals surface area contributed by atoms with Crippen molar-refractivity contribution in [1.82, 2.24) is 15.1 Å². The van der Waals surface area contributed by atoms with Crippen LogP contribution in [0.4, 0.5) is 4.39 Å². The Balaban J connectivity index is 1.71. The summed E-state index contributed by atoms with van der Waals surface area (Å²) in [6.07, 6.45) is 1.75. The van der Waals surface area contributed by atoms with Gasteiger partial charge in [-0.1, -0.05) is 0 Å². The fourth-order valence-electron chi connectivity index (χ4n) is 3.80. The summed E-state index contributed by atoms with van der Waals surface area (Å²) in [6, 6.07) is 12.3. The van der Waals surface area contributed by atoms with Crippen molar-refractivity contribution < 1.29 is 9.28 Å². The molecule has 1 fully saturated rings. The zero-order chi connectivity index (χ0) is 19.0. The van der Waals surface area contributed by atoms with E-state index in [-0.39, 0.29) is 11.4 Å². The molecule has 2 N–H and O–H groups in total. The van der Waals surface area contributed by atoms with Crippen molar-refractivity contribution in [2.75, 3.05) is 32.5 Å². The Kier molecular flexibility index (Phi) is 4.81. The minimum absolute atomic E-state index is 0.220. The summed E-state index contributed by atoms with van der Waals surface area (Å²) in [5.74, 6) is -0.322. The Morgan fingerprint density at radius 3 is 2.63 bits per heavy atom. The summed E-state index contributed by atoms with van der Waals surface area (Å²) in [7, 11) is -0.784. The van der Waals surface area contributed by atoms with Crippen LogP contribution >= 0.6 is 7.49 Å². The van der Waals surface area contributed by atoms with E-state index in [0.29, 0.717) is 29.4 Å². The first kappa shape index (κ1) is 18.2. The van der Waals surface area contributed by atoms with Gasteiger partial charge in [-0.15, -0.1) is 0 Å². The zero-order valence-corrected chi connectivity index (χ0v) is 16.2. The van der Waals surface area contributed by atoms with E-state index >= 15 is 0 Å². The molecular formula is C20H23FN3O2P. The maximum absolute atomic E-state index is 14.5. The molecule has 142 valence electrons. The predicted molar refractivity (Wildman–Crippen MR) is 109 cm³/mol. The minimum atomic E-state index is -2.81. The van der Waals surface area contributed by atoms with Gasteiger partial charge in [-0.25, -0.2) is 0 Å². The van der Waals surface area contributed by atoms with Gasteiger partial charge in [-0.3, -0.25) is 0 Å². The van der Waals surface area contributed by atoms with Gasteiger partial charge in [0.1, 0.15) is 0 Å². The van der Waals surface area contributed by atoms with Gasteiger partial charge < -0.3 is 0 Å². The van der Waals surface area contributed by atoms with Gasteiger partial charge >= 0.3 is 157 Å². The maximum atomic E-state index is 14.5. The second-order valence-electron chi connectivity index (χ2n) is 7.37. The van der Waals surface area contributed by atoms with Crippen molar-refractivity contribution in [3.8, 4) is 0 Å². The quantitative estimate of drug-likeness (QED) is 0.674. The van der Waals surface area contributed by atoms with Crippen LogP contribution in [0.25, 0.3) is 10.8 Å². The van der Waals surface area contributed by atoms with Gasteiger partial charge in [0.25, 0.3) is 0 Å². The number of halogens is 1. The molecule has 0 saturated carbocycles. The number of hydrogen-bond acceptors (Lipinski definition) is 4. The van der Waals surface area contributed by atoms with Crippen LogP contribution in [0.1, 0.15) is 11.3 Å². The number of nitrogens with zero attached hydrogens (tertiary/aromatic N) is 2. The molecule has 0 amide bonds. The number of benzene rings is 2. The number of hydrogen-bond donors (Lipinski definition) is 2. The number of aromatic nitrogens is 2. The summed E-state index contributed by atoms with van der Waals surface area (Å²) in [4.78, 5) is 25.3. The van der Waals surface area contributed by atoms with E-state index in [1.54, 1.807) is 18.2 Å². The molecule has 0 atom stereocenters. The molecule has 0 unspecified atom stereocenters. The Hall–Kier alpha value is -2.14. The van der Waals surface area contributed by atoms with E-state index in [1.807, 2.05) is 25.2 Å². The number of fused-ring (bicyclic) bond motifs is 1. The molecule has 0 radical (unpaired) electrons. The van der Waals surface area contributed by atoms with Crippen LogP contribution in [-0.2, 0) is 6.42 Å². The molecule has 7 heteroatoms. The topological polar surface area (TPSA) is 69.2 Å². The Bertz CT molecular complexity index is 1040. The molecule has 0 bridgehead atoms. The second kappa shape index (κ2) is 7.12. The van der Waals surface area contributed by atoms with E-state index in [9.17, 15) is 14.1 Å². The van der Waals surface area contributed by atoms with Crippen molar-refractivity contribution in [1.29, 1.82) is 0 Å². The molecule has 27 heavy (non-hydrogen) atoms. The summed E-state index contributed by atoms with van der Waals surface area (Å²) in [5, 5.41) is 8.62. The Labute approximate surface area is 157 Å². The molecule has 1 saturated heterocycles. The van der Waals surface area contributed by atoms with Gasteiger partial charge in [0, 0.05) is 0 Å².